The molecule has 0 heterocycles. The van der Waals surface area contributed by atoms with Gasteiger partial charge in [-0.3, -0.25) is 4.79 Å². The number of carboxylic acids is 1. The molecule has 0 aromatic heterocycles. The molecule has 4 nitrogen and oxygen atoms in total. The van der Waals surface area contributed by atoms with E-state index in [0.717, 1.165) is 11.1 Å². The van der Waals surface area contributed by atoms with Crippen LogP contribution in [0.15, 0.2) is 78.9 Å². The Bertz CT molecular complexity index is 845. The number of ether oxygens (including phenoxy) is 2. The summed E-state index contributed by atoms with van der Waals surface area (Å²) in [6.45, 7) is 0.805. The largest absolute Gasteiger partial charge is 0.485 e. The highest BCUT2D eigenvalue weighted by Crippen LogP contribution is 2.30. The minimum atomic E-state index is -0.878. The van der Waals surface area contributed by atoms with E-state index in [1.807, 2.05) is 60.7 Å². The first-order valence-electron chi connectivity index (χ1n) is 8.39. The third kappa shape index (κ3) is 5.11. The zero-order chi connectivity index (χ0) is 18.2. The zero-order valence-corrected chi connectivity index (χ0v) is 14.3. The number of aliphatic carboxylic acids is 1. The summed E-state index contributed by atoms with van der Waals surface area (Å²) in [6, 6.07) is 24.9. The molecular formula is C22H20O4. The van der Waals surface area contributed by atoms with Crippen LogP contribution in [0.4, 0.5) is 0 Å². The third-order valence-corrected chi connectivity index (χ3v) is 3.84. The summed E-state index contributed by atoms with van der Waals surface area (Å²) in [6.07, 6.45) is -0.0549. The van der Waals surface area contributed by atoms with Gasteiger partial charge in [-0.05, 0) is 28.8 Å². The van der Waals surface area contributed by atoms with Crippen molar-refractivity contribution in [2.24, 2.45) is 0 Å². The Morgan fingerprint density at radius 1 is 0.692 bits per heavy atom. The van der Waals surface area contributed by atoms with Gasteiger partial charge in [-0.25, -0.2) is 0 Å². The van der Waals surface area contributed by atoms with Crippen molar-refractivity contribution >= 4 is 5.97 Å². The van der Waals surface area contributed by atoms with Crippen molar-refractivity contribution in [3.8, 4) is 11.5 Å². The summed E-state index contributed by atoms with van der Waals surface area (Å²) in [5.41, 5.74) is 2.76. The van der Waals surface area contributed by atoms with Crippen molar-refractivity contribution in [3.63, 3.8) is 0 Å². The molecule has 0 fully saturated rings. The molecule has 0 atom stereocenters. The Balaban J connectivity index is 1.76. The van der Waals surface area contributed by atoms with Crippen molar-refractivity contribution in [1.29, 1.82) is 0 Å². The second-order valence-corrected chi connectivity index (χ2v) is 5.90. The van der Waals surface area contributed by atoms with E-state index in [4.69, 9.17) is 14.6 Å². The lowest BCUT2D eigenvalue weighted by atomic mass is 10.1. The van der Waals surface area contributed by atoms with Crippen LogP contribution in [0, 0.1) is 0 Å². The minimum Gasteiger partial charge on any atom is -0.485 e. The highest BCUT2D eigenvalue weighted by atomic mass is 16.5. The number of rotatable bonds is 8. The molecule has 3 aromatic rings. The summed E-state index contributed by atoms with van der Waals surface area (Å²) < 4.78 is 11.8. The summed E-state index contributed by atoms with van der Waals surface area (Å²) in [7, 11) is 0. The average Bonchev–Trinajstić information content (AvgIpc) is 2.67. The Labute approximate surface area is 152 Å². The van der Waals surface area contributed by atoms with Gasteiger partial charge in [-0.2, -0.15) is 0 Å². The zero-order valence-electron chi connectivity index (χ0n) is 14.3. The van der Waals surface area contributed by atoms with Crippen molar-refractivity contribution < 1.29 is 19.4 Å². The fraction of sp³-hybridized carbons (Fsp3) is 0.136. The molecule has 0 amide bonds. The first-order chi connectivity index (χ1) is 12.7. The van der Waals surface area contributed by atoms with Crippen LogP contribution in [0.25, 0.3) is 0 Å². The molecule has 4 heteroatoms. The van der Waals surface area contributed by atoms with Gasteiger partial charge in [0.1, 0.15) is 13.2 Å². The summed E-state index contributed by atoms with van der Waals surface area (Å²) in [5.74, 6) is 0.263. The Morgan fingerprint density at radius 2 is 1.23 bits per heavy atom. The molecule has 3 rings (SSSR count). The molecule has 0 saturated heterocycles. The average molecular weight is 348 g/mol. The van der Waals surface area contributed by atoms with Gasteiger partial charge in [0, 0.05) is 0 Å². The van der Waals surface area contributed by atoms with E-state index >= 15 is 0 Å². The van der Waals surface area contributed by atoms with E-state index in [0.29, 0.717) is 30.3 Å². The van der Waals surface area contributed by atoms with E-state index in [9.17, 15) is 4.79 Å². The first-order valence-corrected chi connectivity index (χ1v) is 8.39. The van der Waals surface area contributed by atoms with Gasteiger partial charge in [0.15, 0.2) is 11.5 Å². The predicted molar refractivity (Wildman–Crippen MR) is 99.3 cm³/mol. The third-order valence-electron chi connectivity index (χ3n) is 3.84. The van der Waals surface area contributed by atoms with Gasteiger partial charge in [0.05, 0.1) is 6.42 Å². The first kappa shape index (κ1) is 17.5. The second-order valence-electron chi connectivity index (χ2n) is 5.90. The molecule has 0 aliphatic rings. The van der Waals surface area contributed by atoms with Crippen molar-refractivity contribution in [2.45, 2.75) is 19.6 Å². The van der Waals surface area contributed by atoms with Gasteiger partial charge in [-0.15, -0.1) is 0 Å². The van der Waals surface area contributed by atoms with Crippen molar-refractivity contribution in [1.82, 2.24) is 0 Å². The Morgan fingerprint density at radius 3 is 1.77 bits per heavy atom. The van der Waals surface area contributed by atoms with Crippen LogP contribution in [-0.2, 0) is 24.4 Å². The summed E-state index contributed by atoms with van der Waals surface area (Å²) >= 11 is 0. The maximum Gasteiger partial charge on any atom is 0.307 e. The molecule has 0 aliphatic heterocycles. The van der Waals surface area contributed by atoms with Gasteiger partial charge >= 0.3 is 5.97 Å². The van der Waals surface area contributed by atoms with E-state index in [2.05, 4.69) is 0 Å². The Hall–Kier alpha value is -3.27. The predicted octanol–water partition coefficient (Wildman–Crippen LogP) is 4.47. The van der Waals surface area contributed by atoms with Crippen LogP contribution >= 0.6 is 0 Å². The molecule has 3 aromatic carbocycles. The fourth-order valence-corrected chi connectivity index (χ4v) is 2.54. The maximum atomic E-state index is 11.0. The minimum absolute atomic E-state index is 0.0549. The van der Waals surface area contributed by atoms with E-state index in [1.54, 1.807) is 18.2 Å². The lowest BCUT2D eigenvalue weighted by molar-refractivity contribution is -0.136. The van der Waals surface area contributed by atoms with Crippen molar-refractivity contribution in [2.75, 3.05) is 0 Å². The van der Waals surface area contributed by atoms with Crippen LogP contribution < -0.4 is 9.47 Å². The summed E-state index contributed by atoms with van der Waals surface area (Å²) in [4.78, 5) is 11.0. The van der Waals surface area contributed by atoms with E-state index in [1.165, 1.54) is 0 Å². The molecule has 0 aliphatic carbocycles. The Kier molecular flexibility index (Phi) is 5.88. The number of hydrogen-bond donors (Lipinski definition) is 1. The normalized spacial score (nSPS) is 10.3. The highest BCUT2D eigenvalue weighted by Gasteiger charge is 2.10. The molecule has 1 N–H and O–H groups in total. The number of benzene rings is 3. The number of carboxylic acid groups (broad SMARTS) is 1. The van der Waals surface area contributed by atoms with Gasteiger partial charge < -0.3 is 14.6 Å². The fourth-order valence-electron chi connectivity index (χ4n) is 2.54. The van der Waals surface area contributed by atoms with Crippen LogP contribution in [-0.4, -0.2) is 11.1 Å². The lowest BCUT2D eigenvalue weighted by Gasteiger charge is -2.14. The number of hydrogen-bond acceptors (Lipinski definition) is 3. The van der Waals surface area contributed by atoms with Gasteiger partial charge in [0.25, 0.3) is 0 Å². The van der Waals surface area contributed by atoms with Crippen LogP contribution in [0.3, 0.4) is 0 Å². The molecule has 0 unspecified atom stereocenters. The van der Waals surface area contributed by atoms with E-state index < -0.39 is 5.97 Å². The van der Waals surface area contributed by atoms with Gasteiger partial charge in [-0.1, -0.05) is 66.7 Å². The van der Waals surface area contributed by atoms with Gasteiger partial charge in [0.2, 0.25) is 0 Å². The van der Waals surface area contributed by atoms with E-state index in [-0.39, 0.29) is 6.42 Å². The highest BCUT2D eigenvalue weighted by molar-refractivity contribution is 5.70. The topological polar surface area (TPSA) is 55.8 Å². The molecule has 0 saturated carbocycles. The molecule has 0 bridgehead atoms. The van der Waals surface area contributed by atoms with Crippen LogP contribution in [0.2, 0.25) is 0 Å². The van der Waals surface area contributed by atoms with Crippen LogP contribution in [0.5, 0.6) is 11.5 Å². The lowest BCUT2D eigenvalue weighted by Crippen LogP contribution is -2.03. The maximum absolute atomic E-state index is 11.0. The smallest absolute Gasteiger partial charge is 0.307 e. The van der Waals surface area contributed by atoms with Crippen LogP contribution in [0.1, 0.15) is 16.7 Å². The number of carbonyl (C=O) groups is 1. The standard InChI is InChI=1S/C22H20O4/c23-22(24)14-19-11-12-20(25-15-17-7-3-1-4-8-17)21(13-19)26-16-18-9-5-2-6-10-18/h1-13H,14-16H2,(H,23,24). The molecule has 26 heavy (non-hydrogen) atoms. The molecule has 132 valence electrons. The SMILES string of the molecule is O=C(O)Cc1ccc(OCc2ccccc2)c(OCc2ccccc2)c1. The monoisotopic (exact) mass is 348 g/mol. The quantitative estimate of drug-likeness (QED) is 0.652. The molecular weight excluding hydrogens is 328 g/mol. The molecule has 0 spiro atoms. The second kappa shape index (κ2) is 8.72. The summed E-state index contributed by atoms with van der Waals surface area (Å²) in [5, 5.41) is 9.01. The molecule has 0 radical (unpaired) electrons. The van der Waals surface area contributed by atoms with Crippen molar-refractivity contribution in [3.05, 3.63) is 95.6 Å².